The number of nitrogens with one attached hydrogen (secondary N) is 1. The summed E-state index contributed by atoms with van der Waals surface area (Å²) >= 11 is 5.91. The maximum absolute atomic E-state index is 11.0. The topological polar surface area (TPSA) is 38.3 Å². The second-order valence-corrected chi connectivity index (χ2v) is 3.76. The van der Waals surface area contributed by atoms with Crippen molar-refractivity contribution in [3.63, 3.8) is 0 Å². The Bertz CT molecular complexity index is 185. The Kier molecular flexibility index (Phi) is 1.77. The van der Waals surface area contributed by atoms with E-state index in [9.17, 15) is 4.79 Å². The number of halogens is 1. The molecule has 1 heterocycles. The van der Waals surface area contributed by atoms with Crippen LogP contribution in [-0.4, -0.2) is 17.4 Å². The Morgan fingerprint density at radius 2 is 2.36 bits per heavy atom. The van der Waals surface area contributed by atoms with E-state index in [1.165, 1.54) is 0 Å². The van der Waals surface area contributed by atoms with Gasteiger partial charge in [-0.3, -0.25) is 9.63 Å². The Morgan fingerprint density at radius 3 is 3.18 bits per heavy atom. The zero-order valence-corrected chi connectivity index (χ0v) is 6.80. The van der Waals surface area contributed by atoms with Crippen LogP contribution in [0.4, 0.5) is 0 Å². The van der Waals surface area contributed by atoms with E-state index >= 15 is 0 Å². The Hall–Kier alpha value is -0.280. The van der Waals surface area contributed by atoms with E-state index in [0.717, 1.165) is 19.3 Å². The third-order valence-electron chi connectivity index (χ3n) is 2.38. The summed E-state index contributed by atoms with van der Waals surface area (Å²) in [7, 11) is 0. The predicted molar refractivity (Wildman–Crippen MR) is 40.0 cm³/mol. The van der Waals surface area contributed by atoms with Crippen LogP contribution in [0.5, 0.6) is 0 Å². The first-order valence-corrected chi connectivity index (χ1v) is 4.30. The molecule has 4 heteroatoms. The van der Waals surface area contributed by atoms with E-state index in [4.69, 9.17) is 16.4 Å². The average molecular weight is 176 g/mol. The van der Waals surface area contributed by atoms with E-state index in [0.29, 0.717) is 0 Å². The van der Waals surface area contributed by atoms with Crippen LogP contribution in [0, 0.1) is 5.92 Å². The molecule has 3 unspecified atom stereocenters. The summed E-state index contributed by atoms with van der Waals surface area (Å²) in [5.74, 6) is 0.0866. The highest BCUT2D eigenvalue weighted by atomic mass is 35.5. The van der Waals surface area contributed by atoms with E-state index in [2.05, 4.69) is 5.48 Å². The van der Waals surface area contributed by atoms with Gasteiger partial charge in [-0.1, -0.05) is 0 Å². The number of amides is 1. The van der Waals surface area contributed by atoms with Gasteiger partial charge < -0.3 is 0 Å². The van der Waals surface area contributed by atoms with Gasteiger partial charge >= 0.3 is 0 Å². The molecular formula is C7H10ClNO2. The first kappa shape index (κ1) is 7.37. The minimum atomic E-state index is 0.0265. The van der Waals surface area contributed by atoms with Crippen molar-refractivity contribution in [2.75, 3.05) is 0 Å². The minimum absolute atomic E-state index is 0.0265. The first-order valence-electron chi connectivity index (χ1n) is 3.87. The highest BCUT2D eigenvalue weighted by Gasteiger charge is 2.40. The fourth-order valence-corrected chi connectivity index (χ4v) is 2.02. The number of fused-ring (bicyclic) bond motifs is 1. The smallest absolute Gasteiger partial charge is 0.249 e. The summed E-state index contributed by atoms with van der Waals surface area (Å²) in [5, 5.41) is 0.184. The molecule has 3 atom stereocenters. The molecule has 0 spiro atoms. The third-order valence-corrected chi connectivity index (χ3v) is 2.77. The lowest BCUT2D eigenvalue weighted by Gasteiger charge is -2.23. The Balaban J connectivity index is 2.06. The summed E-state index contributed by atoms with van der Waals surface area (Å²) in [5.41, 5.74) is 2.38. The molecule has 0 aromatic heterocycles. The maximum Gasteiger partial charge on any atom is 0.249 e. The number of alkyl halides is 1. The van der Waals surface area contributed by atoms with Crippen molar-refractivity contribution < 1.29 is 9.63 Å². The third kappa shape index (κ3) is 1.23. The van der Waals surface area contributed by atoms with Gasteiger partial charge in [0.1, 0.15) is 0 Å². The number of hydrogen-bond donors (Lipinski definition) is 1. The van der Waals surface area contributed by atoms with Crippen molar-refractivity contribution in [1.82, 2.24) is 5.48 Å². The van der Waals surface area contributed by atoms with Crippen LogP contribution < -0.4 is 5.48 Å². The van der Waals surface area contributed by atoms with Crippen LogP contribution in [0.2, 0.25) is 0 Å². The highest BCUT2D eigenvalue weighted by molar-refractivity contribution is 6.20. The summed E-state index contributed by atoms with van der Waals surface area (Å²) in [6, 6.07) is 0. The molecule has 3 nitrogen and oxygen atoms in total. The van der Waals surface area contributed by atoms with Crippen LogP contribution in [-0.2, 0) is 9.63 Å². The average Bonchev–Trinajstić information content (AvgIpc) is 2.32. The van der Waals surface area contributed by atoms with Gasteiger partial charge in [0, 0.05) is 5.38 Å². The molecule has 1 amide bonds. The SMILES string of the molecule is O=C1NOC2CC(Cl)CCC12. The lowest BCUT2D eigenvalue weighted by atomic mass is 9.86. The minimum Gasteiger partial charge on any atom is -0.272 e. The number of hydrogen-bond acceptors (Lipinski definition) is 2. The Morgan fingerprint density at radius 1 is 1.55 bits per heavy atom. The van der Waals surface area contributed by atoms with Gasteiger partial charge in [-0.25, -0.2) is 5.48 Å². The fourth-order valence-electron chi connectivity index (χ4n) is 1.72. The zero-order chi connectivity index (χ0) is 7.84. The summed E-state index contributed by atoms with van der Waals surface area (Å²) in [6.07, 6.45) is 2.62. The van der Waals surface area contributed by atoms with E-state index in [-0.39, 0.29) is 23.3 Å². The van der Waals surface area contributed by atoms with E-state index < -0.39 is 0 Å². The largest absolute Gasteiger partial charge is 0.272 e. The molecule has 1 N–H and O–H groups in total. The highest BCUT2D eigenvalue weighted by Crippen LogP contribution is 2.32. The van der Waals surface area contributed by atoms with Gasteiger partial charge in [0.25, 0.3) is 0 Å². The van der Waals surface area contributed by atoms with Crippen molar-refractivity contribution in [3.05, 3.63) is 0 Å². The molecule has 0 radical (unpaired) electrons. The summed E-state index contributed by atoms with van der Waals surface area (Å²) in [4.78, 5) is 16.1. The molecule has 0 aromatic rings. The lowest BCUT2D eigenvalue weighted by molar-refractivity contribution is -0.126. The molecule has 1 saturated heterocycles. The number of carbonyl (C=O) groups excluding carboxylic acids is 1. The molecular weight excluding hydrogens is 166 g/mol. The second-order valence-electron chi connectivity index (χ2n) is 3.14. The van der Waals surface area contributed by atoms with Crippen LogP contribution in [0.3, 0.4) is 0 Å². The fraction of sp³-hybridized carbons (Fsp3) is 0.857. The van der Waals surface area contributed by atoms with Crippen LogP contribution in [0.25, 0.3) is 0 Å². The molecule has 1 aliphatic heterocycles. The Labute approximate surface area is 70.0 Å². The number of carbonyl (C=O) groups is 1. The van der Waals surface area contributed by atoms with Gasteiger partial charge in [0.05, 0.1) is 12.0 Å². The van der Waals surface area contributed by atoms with Crippen LogP contribution in [0.15, 0.2) is 0 Å². The van der Waals surface area contributed by atoms with E-state index in [1.54, 1.807) is 0 Å². The normalized spacial score (nSPS) is 43.4. The quantitative estimate of drug-likeness (QED) is 0.554. The molecule has 62 valence electrons. The second kappa shape index (κ2) is 2.64. The van der Waals surface area contributed by atoms with Gasteiger partial charge in [-0.2, -0.15) is 0 Å². The number of hydroxylamine groups is 1. The van der Waals surface area contributed by atoms with Gasteiger partial charge in [0.15, 0.2) is 0 Å². The maximum atomic E-state index is 11.0. The van der Waals surface area contributed by atoms with Crippen molar-refractivity contribution in [2.45, 2.75) is 30.7 Å². The van der Waals surface area contributed by atoms with E-state index in [1.807, 2.05) is 0 Å². The molecule has 2 aliphatic rings. The van der Waals surface area contributed by atoms with Crippen molar-refractivity contribution in [3.8, 4) is 0 Å². The van der Waals surface area contributed by atoms with Gasteiger partial charge in [-0.05, 0) is 19.3 Å². The monoisotopic (exact) mass is 175 g/mol. The first-order chi connectivity index (χ1) is 5.27. The molecule has 0 aromatic carbocycles. The van der Waals surface area contributed by atoms with Crippen LogP contribution in [0.1, 0.15) is 19.3 Å². The van der Waals surface area contributed by atoms with Crippen molar-refractivity contribution >= 4 is 17.5 Å². The van der Waals surface area contributed by atoms with Crippen molar-refractivity contribution in [2.24, 2.45) is 5.92 Å². The van der Waals surface area contributed by atoms with Gasteiger partial charge in [0.2, 0.25) is 5.91 Å². The zero-order valence-electron chi connectivity index (χ0n) is 6.05. The molecule has 11 heavy (non-hydrogen) atoms. The summed E-state index contributed by atoms with van der Waals surface area (Å²) in [6.45, 7) is 0. The molecule has 0 bridgehead atoms. The van der Waals surface area contributed by atoms with Crippen molar-refractivity contribution in [1.29, 1.82) is 0 Å². The lowest BCUT2D eigenvalue weighted by Crippen LogP contribution is -2.29. The number of rotatable bonds is 0. The molecule has 2 fully saturated rings. The predicted octanol–water partition coefficient (Wildman–Crippen LogP) is 0.824. The molecule has 1 saturated carbocycles. The molecule has 2 rings (SSSR count). The standard InChI is InChI=1S/C7H10ClNO2/c8-4-1-2-5-6(3-4)11-9-7(5)10/h4-6H,1-3H2,(H,9,10). The van der Waals surface area contributed by atoms with Crippen LogP contribution >= 0.6 is 11.6 Å². The summed E-state index contributed by atoms with van der Waals surface area (Å²) < 4.78 is 0. The molecule has 1 aliphatic carbocycles. The van der Waals surface area contributed by atoms with Gasteiger partial charge in [-0.15, -0.1) is 11.6 Å².